The zero-order valence-corrected chi connectivity index (χ0v) is 11.6. The minimum atomic E-state index is -4.63. The monoisotopic (exact) mass is 304 g/mol. The van der Waals surface area contributed by atoms with Gasteiger partial charge < -0.3 is 4.90 Å². The van der Waals surface area contributed by atoms with E-state index < -0.39 is 22.4 Å². The van der Waals surface area contributed by atoms with Gasteiger partial charge in [-0.3, -0.25) is 14.9 Å². The largest absolute Gasteiger partial charge is 0.416 e. The van der Waals surface area contributed by atoms with E-state index in [-0.39, 0.29) is 30.7 Å². The van der Waals surface area contributed by atoms with Gasteiger partial charge in [0.25, 0.3) is 5.69 Å². The van der Waals surface area contributed by atoms with E-state index in [1.54, 1.807) is 19.0 Å². The second-order valence-corrected chi connectivity index (χ2v) is 4.87. The number of nitro groups is 1. The Hall–Kier alpha value is -1.96. The third-order valence-corrected chi connectivity index (χ3v) is 2.78. The third-order valence-electron chi connectivity index (χ3n) is 2.78. The summed E-state index contributed by atoms with van der Waals surface area (Å²) in [5, 5.41) is 10.9. The number of rotatable bonds is 6. The van der Waals surface area contributed by atoms with Crippen LogP contribution in [-0.2, 0) is 17.4 Å². The zero-order chi connectivity index (χ0) is 16.2. The van der Waals surface area contributed by atoms with Crippen LogP contribution in [0.1, 0.15) is 17.5 Å². The van der Waals surface area contributed by atoms with Crippen LogP contribution in [0.25, 0.3) is 0 Å². The molecule has 0 aliphatic rings. The molecule has 0 heterocycles. The molecule has 116 valence electrons. The molecular weight excluding hydrogens is 289 g/mol. The number of carbonyl (C=O) groups excluding carboxylic acids is 1. The molecule has 0 radical (unpaired) electrons. The number of benzene rings is 1. The number of Topliss-reactive ketones (excluding diaryl/α,β-unsaturated/α-hetero) is 1. The first-order valence-electron chi connectivity index (χ1n) is 6.12. The number of ketones is 1. The van der Waals surface area contributed by atoms with Crippen molar-refractivity contribution in [3.8, 4) is 0 Å². The van der Waals surface area contributed by atoms with Crippen LogP contribution in [0.5, 0.6) is 0 Å². The highest BCUT2D eigenvalue weighted by Gasteiger charge is 2.32. The average molecular weight is 304 g/mol. The van der Waals surface area contributed by atoms with Crippen molar-refractivity contribution < 1.29 is 22.9 Å². The molecule has 21 heavy (non-hydrogen) atoms. The number of nitrogens with zero attached hydrogens (tertiary/aromatic N) is 2. The number of alkyl halides is 3. The lowest BCUT2D eigenvalue weighted by Crippen LogP contribution is -2.21. The summed E-state index contributed by atoms with van der Waals surface area (Å²) in [5.74, 6) is -0.130. The lowest BCUT2D eigenvalue weighted by atomic mass is 10.0. The number of likely N-dealkylation sites (N-methyl/N-ethyl adjacent to an activating group) is 1. The number of hydrogen-bond acceptors (Lipinski definition) is 4. The van der Waals surface area contributed by atoms with Crippen molar-refractivity contribution in [2.24, 2.45) is 0 Å². The smallest absolute Gasteiger partial charge is 0.302 e. The first-order chi connectivity index (χ1) is 9.61. The molecule has 0 bridgehead atoms. The quantitative estimate of drug-likeness (QED) is 0.599. The molecule has 1 aromatic carbocycles. The molecule has 1 aromatic rings. The van der Waals surface area contributed by atoms with Gasteiger partial charge >= 0.3 is 6.18 Å². The summed E-state index contributed by atoms with van der Waals surface area (Å²) < 4.78 is 37.6. The Balaban J connectivity index is 2.92. The molecular formula is C13H15F3N2O3. The summed E-state index contributed by atoms with van der Waals surface area (Å²) in [4.78, 5) is 23.2. The van der Waals surface area contributed by atoms with Gasteiger partial charge in [0.15, 0.2) is 0 Å². The van der Waals surface area contributed by atoms with Gasteiger partial charge in [-0.05, 0) is 26.6 Å². The van der Waals surface area contributed by atoms with Crippen LogP contribution in [-0.4, -0.2) is 36.2 Å². The van der Waals surface area contributed by atoms with Crippen molar-refractivity contribution >= 4 is 11.5 Å². The molecule has 5 nitrogen and oxygen atoms in total. The van der Waals surface area contributed by atoms with Crippen LogP contribution >= 0.6 is 0 Å². The Kier molecular flexibility index (Phi) is 5.42. The molecule has 0 atom stereocenters. The maximum atomic E-state index is 12.5. The van der Waals surface area contributed by atoms with Crippen molar-refractivity contribution in [1.29, 1.82) is 0 Å². The SMILES string of the molecule is CN(C)CC(=O)CCc1ccc(C(F)(F)F)cc1[N+](=O)[O-]. The van der Waals surface area contributed by atoms with E-state index in [0.717, 1.165) is 12.1 Å². The van der Waals surface area contributed by atoms with Crippen molar-refractivity contribution in [3.63, 3.8) is 0 Å². The van der Waals surface area contributed by atoms with Crippen molar-refractivity contribution in [2.45, 2.75) is 19.0 Å². The number of carbonyl (C=O) groups is 1. The van der Waals surface area contributed by atoms with E-state index in [0.29, 0.717) is 6.07 Å². The van der Waals surface area contributed by atoms with Gasteiger partial charge in [-0.2, -0.15) is 13.2 Å². The van der Waals surface area contributed by atoms with Gasteiger partial charge in [-0.25, -0.2) is 0 Å². The molecule has 0 aliphatic heterocycles. The molecule has 0 N–H and O–H groups in total. The molecule has 0 fully saturated rings. The maximum Gasteiger partial charge on any atom is 0.416 e. The van der Waals surface area contributed by atoms with E-state index in [1.807, 2.05) is 0 Å². The van der Waals surface area contributed by atoms with Crippen molar-refractivity contribution in [1.82, 2.24) is 4.90 Å². The molecule has 0 saturated heterocycles. The van der Waals surface area contributed by atoms with Crippen LogP contribution in [0.2, 0.25) is 0 Å². The van der Waals surface area contributed by atoms with Crippen LogP contribution in [0.4, 0.5) is 18.9 Å². The van der Waals surface area contributed by atoms with Crippen LogP contribution in [0, 0.1) is 10.1 Å². The fraction of sp³-hybridized carbons (Fsp3) is 0.462. The average Bonchev–Trinajstić information content (AvgIpc) is 2.34. The second-order valence-electron chi connectivity index (χ2n) is 4.87. The van der Waals surface area contributed by atoms with Crippen molar-refractivity contribution in [3.05, 3.63) is 39.4 Å². The van der Waals surface area contributed by atoms with Gasteiger partial charge in [0.2, 0.25) is 0 Å². The van der Waals surface area contributed by atoms with E-state index in [2.05, 4.69) is 0 Å². The minimum absolute atomic E-state index is 0.0428. The van der Waals surface area contributed by atoms with Crippen LogP contribution in [0.3, 0.4) is 0 Å². The molecule has 8 heteroatoms. The summed E-state index contributed by atoms with van der Waals surface area (Å²) in [7, 11) is 3.41. The van der Waals surface area contributed by atoms with E-state index in [1.165, 1.54) is 0 Å². The highest BCUT2D eigenvalue weighted by atomic mass is 19.4. The molecule has 0 aromatic heterocycles. The summed E-state index contributed by atoms with van der Waals surface area (Å²) in [6, 6.07) is 2.36. The van der Waals surface area contributed by atoms with Gasteiger partial charge in [-0.1, -0.05) is 6.07 Å². The first kappa shape index (κ1) is 17.1. The fourth-order valence-corrected chi connectivity index (χ4v) is 1.83. The van der Waals surface area contributed by atoms with Crippen molar-refractivity contribution in [2.75, 3.05) is 20.6 Å². The van der Waals surface area contributed by atoms with E-state index in [9.17, 15) is 28.1 Å². The normalized spacial score (nSPS) is 11.7. The Bertz CT molecular complexity index is 542. The molecule has 0 amide bonds. The maximum absolute atomic E-state index is 12.5. The van der Waals surface area contributed by atoms with E-state index >= 15 is 0 Å². The molecule has 0 saturated carbocycles. The Morgan fingerprint density at radius 3 is 2.43 bits per heavy atom. The lowest BCUT2D eigenvalue weighted by Gasteiger charge is -2.10. The third kappa shape index (κ3) is 5.14. The summed E-state index contributed by atoms with van der Waals surface area (Å²) in [6.07, 6.45) is -4.55. The summed E-state index contributed by atoms with van der Waals surface area (Å²) in [6.45, 7) is 0.189. The van der Waals surface area contributed by atoms with Crippen LogP contribution < -0.4 is 0 Å². The molecule has 0 unspecified atom stereocenters. The zero-order valence-electron chi connectivity index (χ0n) is 11.6. The molecule has 0 spiro atoms. The van der Waals surface area contributed by atoms with Crippen LogP contribution in [0.15, 0.2) is 18.2 Å². The number of aryl methyl sites for hydroxylation is 1. The lowest BCUT2D eigenvalue weighted by molar-refractivity contribution is -0.385. The molecule has 0 aliphatic carbocycles. The second kappa shape index (κ2) is 6.66. The number of hydrogen-bond donors (Lipinski definition) is 0. The number of nitro benzene ring substituents is 1. The predicted molar refractivity (Wildman–Crippen MR) is 70.0 cm³/mol. The number of halogens is 3. The highest BCUT2D eigenvalue weighted by molar-refractivity contribution is 5.80. The Labute approximate surface area is 119 Å². The fourth-order valence-electron chi connectivity index (χ4n) is 1.83. The predicted octanol–water partition coefficient (Wildman–Crippen LogP) is 2.68. The topological polar surface area (TPSA) is 63.5 Å². The summed E-state index contributed by atoms with van der Waals surface area (Å²) in [5.41, 5.74) is -1.56. The van der Waals surface area contributed by atoms with E-state index in [4.69, 9.17) is 0 Å². The van der Waals surface area contributed by atoms with Gasteiger partial charge in [-0.15, -0.1) is 0 Å². The Morgan fingerprint density at radius 2 is 1.95 bits per heavy atom. The minimum Gasteiger partial charge on any atom is -0.302 e. The first-order valence-corrected chi connectivity index (χ1v) is 6.12. The van der Waals surface area contributed by atoms with Gasteiger partial charge in [0.05, 0.1) is 17.0 Å². The highest BCUT2D eigenvalue weighted by Crippen LogP contribution is 2.33. The molecule has 1 rings (SSSR count). The Morgan fingerprint density at radius 1 is 1.33 bits per heavy atom. The standard InChI is InChI=1S/C13H15F3N2O3/c1-17(2)8-11(19)6-4-9-3-5-10(13(14,15)16)7-12(9)18(20)21/h3,5,7H,4,6,8H2,1-2H3. The van der Waals surface area contributed by atoms with Gasteiger partial charge in [0, 0.05) is 18.1 Å². The van der Waals surface area contributed by atoms with Gasteiger partial charge in [0.1, 0.15) is 5.78 Å². The summed E-state index contributed by atoms with van der Waals surface area (Å²) >= 11 is 0.